The molecule has 0 radical (unpaired) electrons. The van der Waals surface area contributed by atoms with Crippen molar-refractivity contribution in [3.63, 3.8) is 0 Å². The molecule has 0 atom stereocenters. The third-order valence-electron chi connectivity index (χ3n) is 3.43. The van der Waals surface area contributed by atoms with Gasteiger partial charge in [0, 0.05) is 12.0 Å². The van der Waals surface area contributed by atoms with Crippen LogP contribution in [0.15, 0.2) is 60.7 Å². The number of halogens is 2. The fourth-order valence-electron chi connectivity index (χ4n) is 2.32. The lowest BCUT2D eigenvalue weighted by atomic mass is 10.00. The second kappa shape index (κ2) is 5.44. The van der Waals surface area contributed by atoms with Gasteiger partial charge in [-0.3, -0.25) is 4.79 Å². The van der Waals surface area contributed by atoms with Crippen molar-refractivity contribution >= 4 is 16.6 Å². The van der Waals surface area contributed by atoms with Crippen LogP contribution in [-0.2, 0) is 6.42 Å². The fraction of sp³-hybridized carbons (Fsp3) is 0.0556. The molecular weight excluding hydrogens is 270 g/mol. The van der Waals surface area contributed by atoms with Crippen LogP contribution in [0.3, 0.4) is 0 Å². The van der Waals surface area contributed by atoms with Crippen molar-refractivity contribution in [1.82, 2.24) is 0 Å². The maximum absolute atomic E-state index is 13.6. The van der Waals surface area contributed by atoms with Crippen LogP contribution in [0.25, 0.3) is 10.8 Å². The molecule has 0 N–H and O–H groups in total. The van der Waals surface area contributed by atoms with Crippen molar-refractivity contribution in [1.29, 1.82) is 0 Å². The molecule has 3 rings (SSSR count). The maximum atomic E-state index is 13.6. The molecule has 3 aromatic rings. The first-order valence-corrected chi connectivity index (χ1v) is 6.59. The summed E-state index contributed by atoms with van der Waals surface area (Å²) in [6.07, 6.45) is -0.151. The van der Waals surface area contributed by atoms with Gasteiger partial charge in [0.1, 0.15) is 11.6 Å². The van der Waals surface area contributed by atoms with Crippen molar-refractivity contribution in [3.05, 3.63) is 83.4 Å². The van der Waals surface area contributed by atoms with Gasteiger partial charge in [-0.15, -0.1) is 0 Å². The number of Topliss-reactive ketones (excluding diaryl/α,β-unsaturated/α-hetero) is 1. The van der Waals surface area contributed by atoms with E-state index >= 15 is 0 Å². The summed E-state index contributed by atoms with van der Waals surface area (Å²) >= 11 is 0. The molecule has 0 heterocycles. The summed E-state index contributed by atoms with van der Waals surface area (Å²) < 4.78 is 26.7. The predicted octanol–water partition coefficient (Wildman–Crippen LogP) is 4.54. The predicted molar refractivity (Wildman–Crippen MR) is 78.3 cm³/mol. The Balaban J connectivity index is 1.91. The highest BCUT2D eigenvalue weighted by Gasteiger charge is 2.12. The molecule has 104 valence electrons. The Labute approximate surface area is 120 Å². The molecule has 0 fully saturated rings. The molecular formula is C18H12F2O. The Kier molecular flexibility index (Phi) is 3.48. The van der Waals surface area contributed by atoms with E-state index in [-0.39, 0.29) is 17.8 Å². The van der Waals surface area contributed by atoms with E-state index in [9.17, 15) is 13.6 Å². The number of ketones is 1. The van der Waals surface area contributed by atoms with Gasteiger partial charge in [0.2, 0.25) is 0 Å². The van der Waals surface area contributed by atoms with Gasteiger partial charge in [0.15, 0.2) is 5.78 Å². The Morgan fingerprint density at radius 1 is 0.857 bits per heavy atom. The third-order valence-corrected chi connectivity index (χ3v) is 3.43. The van der Waals surface area contributed by atoms with Gasteiger partial charge >= 0.3 is 0 Å². The third kappa shape index (κ3) is 2.82. The van der Waals surface area contributed by atoms with E-state index in [2.05, 4.69) is 0 Å². The second-order valence-corrected chi connectivity index (χ2v) is 4.90. The molecule has 0 aromatic heterocycles. The SMILES string of the molecule is O=C(Cc1cc(F)ccc1F)c1ccc2ccccc2c1. The fourth-order valence-corrected chi connectivity index (χ4v) is 2.32. The van der Waals surface area contributed by atoms with Gasteiger partial charge in [-0.1, -0.05) is 36.4 Å². The molecule has 0 aliphatic rings. The monoisotopic (exact) mass is 282 g/mol. The quantitative estimate of drug-likeness (QED) is 0.644. The summed E-state index contributed by atoms with van der Waals surface area (Å²) in [5, 5.41) is 1.98. The van der Waals surface area contributed by atoms with Crippen LogP contribution in [-0.4, -0.2) is 5.78 Å². The molecule has 3 aromatic carbocycles. The number of carbonyl (C=O) groups excluding carboxylic acids is 1. The van der Waals surface area contributed by atoms with Gasteiger partial charge in [0.25, 0.3) is 0 Å². The van der Waals surface area contributed by atoms with Gasteiger partial charge < -0.3 is 0 Å². The maximum Gasteiger partial charge on any atom is 0.167 e. The summed E-state index contributed by atoms with van der Waals surface area (Å²) in [5.41, 5.74) is 0.575. The summed E-state index contributed by atoms with van der Waals surface area (Å²) in [5.74, 6) is -1.34. The smallest absolute Gasteiger partial charge is 0.167 e. The van der Waals surface area contributed by atoms with Crippen molar-refractivity contribution in [2.75, 3.05) is 0 Å². The average Bonchev–Trinajstić information content (AvgIpc) is 2.50. The standard InChI is InChI=1S/C18H12F2O/c19-16-7-8-17(20)15(10-16)11-18(21)14-6-5-12-3-1-2-4-13(12)9-14/h1-10H,11H2. The zero-order chi connectivity index (χ0) is 14.8. The Hall–Kier alpha value is -2.55. The molecule has 0 aliphatic carbocycles. The van der Waals surface area contributed by atoms with Crippen LogP contribution in [0.1, 0.15) is 15.9 Å². The van der Waals surface area contributed by atoms with E-state index in [1.807, 2.05) is 30.3 Å². The number of benzene rings is 3. The van der Waals surface area contributed by atoms with Gasteiger partial charge in [0.05, 0.1) is 0 Å². The van der Waals surface area contributed by atoms with Gasteiger partial charge in [-0.2, -0.15) is 0 Å². The molecule has 3 heteroatoms. The second-order valence-electron chi connectivity index (χ2n) is 4.90. The highest BCUT2D eigenvalue weighted by atomic mass is 19.1. The number of rotatable bonds is 3. The number of carbonyl (C=O) groups is 1. The van der Waals surface area contributed by atoms with E-state index in [0.29, 0.717) is 5.56 Å². The van der Waals surface area contributed by atoms with E-state index in [1.165, 1.54) is 0 Å². The topological polar surface area (TPSA) is 17.1 Å². The van der Waals surface area contributed by atoms with Crippen molar-refractivity contribution in [2.24, 2.45) is 0 Å². The highest BCUT2D eigenvalue weighted by molar-refractivity contribution is 6.01. The summed E-state index contributed by atoms with van der Waals surface area (Å²) in [6.45, 7) is 0. The summed E-state index contributed by atoms with van der Waals surface area (Å²) in [7, 11) is 0. The molecule has 21 heavy (non-hydrogen) atoms. The molecule has 0 saturated carbocycles. The zero-order valence-electron chi connectivity index (χ0n) is 11.1. The van der Waals surface area contributed by atoms with Crippen molar-refractivity contribution in [2.45, 2.75) is 6.42 Å². The Bertz CT molecular complexity index is 824. The normalized spacial score (nSPS) is 10.8. The number of fused-ring (bicyclic) bond motifs is 1. The van der Waals surface area contributed by atoms with Crippen LogP contribution in [0, 0.1) is 11.6 Å². The molecule has 0 saturated heterocycles. The van der Waals surface area contributed by atoms with E-state index in [0.717, 1.165) is 29.0 Å². The largest absolute Gasteiger partial charge is 0.294 e. The Morgan fingerprint density at radius 3 is 2.43 bits per heavy atom. The number of hydrogen-bond acceptors (Lipinski definition) is 1. The van der Waals surface area contributed by atoms with Gasteiger partial charge in [-0.25, -0.2) is 8.78 Å². The molecule has 0 unspecified atom stereocenters. The van der Waals surface area contributed by atoms with Gasteiger partial charge in [-0.05, 0) is 40.6 Å². The van der Waals surface area contributed by atoms with Crippen molar-refractivity contribution in [3.8, 4) is 0 Å². The highest BCUT2D eigenvalue weighted by Crippen LogP contribution is 2.18. The molecule has 0 aliphatic heterocycles. The van der Waals surface area contributed by atoms with E-state index < -0.39 is 11.6 Å². The summed E-state index contributed by atoms with van der Waals surface area (Å²) in [6, 6.07) is 16.2. The lowest BCUT2D eigenvalue weighted by molar-refractivity contribution is 0.0992. The van der Waals surface area contributed by atoms with E-state index in [1.54, 1.807) is 12.1 Å². The minimum atomic E-state index is -0.564. The molecule has 0 amide bonds. The minimum Gasteiger partial charge on any atom is -0.294 e. The van der Waals surface area contributed by atoms with Crippen LogP contribution < -0.4 is 0 Å². The Morgan fingerprint density at radius 2 is 1.62 bits per heavy atom. The first-order valence-electron chi connectivity index (χ1n) is 6.59. The molecule has 1 nitrogen and oxygen atoms in total. The summed E-state index contributed by atoms with van der Waals surface area (Å²) in [4.78, 5) is 12.2. The van der Waals surface area contributed by atoms with Crippen LogP contribution in [0.5, 0.6) is 0 Å². The van der Waals surface area contributed by atoms with Crippen LogP contribution in [0.2, 0.25) is 0 Å². The lowest BCUT2D eigenvalue weighted by Crippen LogP contribution is -2.05. The van der Waals surface area contributed by atoms with Crippen LogP contribution in [0.4, 0.5) is 8.78 Å². The van der Waals surface area contributed by atoms with Crippen LogP contribution >= 0.6 is 0 Å². The first-order chi connectivity index (χ1) is 10.1. The number of hydrogen-bond donors (Lipinski definition) is 0. The average molecular weight is 282 g/mol. The van der Waals surface area contributed by atoms with Crippen molar-refractivity contribution < 1.29 is 13.6 Å². The zero-order valence-corrected chi connectivity index (χ0v) is 11.1. The molecule has 0 spiro atoms. The molecule has 0 bridgehead atoms. The minimum absolute atomic E-state index is 0.0770. The lowest BCUT2D eigenvalue weighted by Gasteiger charge is -2.05. The van der Waals surface area contributed by atoms with E-state index in [4.69, 9.17) is 0 Å². The first kappa shape index (κ1) is 13.4.